The molecule has 1 aliphatic heterocycles. The average Bonchev–Trinajstić information content (AvgIpc) is 3.19. The smallest absolute Gasteiger partial charge is 0.255 e. The summed E-state index contributed by atoms with van der Waals surface area (Å²) in [6.45, 7) is 7.16. The summed E-state index contributed by atoms with van der Waals surface area (Å²) in [4.78, 5) is 17.2. The fourth-order valence-electron chi connectivity index (χ4n) is 3.47. The van der Waals surface area contributed by atoms with Crippen molar-refractivity contribution in [1.29, 1.82) is 0 Å². The third-order valence-corrected chi connectivity index (χ3v) is 5.46. The van der Waals surface area contributed by atoms with Crippen LogP contribution in [-0.2, 0) is 0 Å². The SMILES string of the molecule is CC(C)CCOc1ccc(C(=O)Nc2ccc(N3CCC(N(C)C)C3)cc2)cc1. The molecule has 0 bridgehead atoms. The minimum Gasteiger partial charge on any atom is -0.494 e. The number of hydrogen-bond acceptors (Lipinski definition) is 4. The second-order valence-corrected chi connectivity index (χ2v) is 8.41. The van der Waals surface area contributed by atoms with E-state index in [0.29, 0.717) is 24.1 Å². The van der Waals surface area contributed by atoms with E-state index in [1.807, 2.05) is 24.3 Å². The van der Waals surface area contributed by atoms with Crippen LogP contribution in [0.4, 0.5) is 11.4 Å². The number of benzene rings is 2. The van der Waals surface area contributed by atoms with Crippen LogP contribution in [0.1, 0.15) is 37.0 Å². The number of rotatable bonds is 8. The number of hydrogen-bond donors (Lipinski definition) is 1. The molecule has 1 heterocycles. The van der Waals surface area contributed by atoms with Crippen LogP contribution in [-0.4, -0.2) is 50.6 Å². The first-order valence-corrected chi connectivity index (χ1v) is 10.5. The molecule has 1 fully saturated rings. The number of nitrogens with one attached hydrogen (secondary N) is 1. The van der Waals surface area contributed by atoms with Gasteiger partial charge in [-0.2, -0.15) is 0 Å². The third-order valence-electron chi connectivity index (χ3n) is 5.46. The monoisotopic (exact) mass is 395 g/mol. The van der Waals surface area contributed by atoms with E-state index in [1.165, 1.54) is 12.1 Å². The van der Waals surface area contributed by atoms with Gasteiger partial charge >= 0.3 is 0 Å². The van der Waals surface area contributed by atoms with Crippen LogP contribution in [0.15, 0.2) is 48.5 Å². The van der Waals surface area contributed by atoms with Gasteiger partial charge in [-0.05, 0) is 81.4 Å². The van der Waals surface area contributed by atoms with Crippen LogP contribution in [0.25, 0.3) is 0 Å². The molecule has 0 aliphatic carbocycles. The molecule has 1 unspecified atom stereocenters. The summed E-state index contributed by atoms with van der Waals surface area (Å²) in [5, 5.41) is 2.97. The van der Waals surface area contributed by atoms with Crippen molar-refractivity contribution in [1.82, 2.24) is 4.90 Å². The van der Waals surface area contributed by atoms with E-state index in [0.717, 1.165) is 30.9 Å². The molecule has 1 saturated heterocycles. The predicted molar refractivity (Wildman–Crippen MR) is 120 cm³/mol. The van der Waals surface area contributed by atoms with E-state index < -0.39 is 0 Å². The highest BCUT2D eigenvalue weighted by Crippen LogP contribution is 2.24. The molecule has 1 aliphatic rings. The maximum Gasteiger partial charge on any atom is 0.255 e. The largest absolute Gasteiger partial charge is 0.494 e. The number of amides is 1. The normalized spacial score (nSPS) is 16.5. The van der Waals surface area contributed by atoms with Crippen molar-refractivity contribution in [3.8, 4) is 5.75 Å². The Hall–Kier alpha value is -2.53. The van der Waals surface area contributed by atoms with Crippen LogP contribution in [0.5, 0.6) is 5.75 Å². The first-order chi connectivity index (χ1) is 13.9. The lowest BCUT2D eigenvalue weighted by molar-refractivity contribution is 0.102. The van der Waals surface area contributed by atoms with Gasteiger partial charge in [-0.25, -0.2) is 0 Å². The van der Waals surface area contributed by atoms with Gasteiger partial charge < -0.3 is 19.9 Å². The van der Waals surface area contributed by atoms with Gasteiger partial charge in [0.05, 0.1) is 6.61 Å². The van der Waals surface area contributed by atoms with Gasteiger partial charge in [-0.15, -0.1) is 0 Å². The van der Waals surface area contributed by atoms with E-state index in [4.69, 9.17) is 4.74 Å². The molecular formula is C24H33N3O2. The minimum absolute atomic E-state index is 0.111. The Balaban J connectivity index is 1.53. The Morgan fingerprint density at radius 3 is 2.41 bits per heavy atom. The molecule has 29 heavy (non-hydrogen) atoms. The summed E-state index contributed by atoms with van der Waals surface area (Å²) >= 11 is 0. The molecule has 0 spiro atoms. The molecule has 5 heteroatoms. The molecule has 2 aromatic rings. The van der Waals surface area contributed by atoms with Crippen molar-refractivity contribution in [2.45, 2.75) is 32.7 Å². The van der Waals surface area contributed by atoms with Gasteiger partial charge in [0, 0.05) is 36.1 Å². The summed E-state index contributed by atoms with van der Waals surface area (Å²) in [6, 6.07) is 16.0. The lowest BCUT2D eigenvalue weighted by Gasteiger charge is -2.22. The maximum atomic E-state index is 12.5. The topological polar surface area (TPSA) is 44.8 Å². The zero-order chi connectivity index (χ0) is 20.8. The summed E-state index contributed by atoms with van der Waals surface area (Å²) in [5.74, 6) is 1.31. The first kappa shape index (κ1) is 21.2. The van der Waals surface area contributed by atoms with Crippen molar-refractivity contribution in [3.63, 3.8) is 0 Å². The van der Waals surface area contributed by atoms with E-state index in [1.54, 1.807) is 12.1 Å². The fourth-order valence-corrected chi connectivity index (χ4v) is 3.47. The number of anilines is 2. The Labute approximate surface area is 174 Å². The molecular weight excluding hydrogens is 362 g/mol. The average molecular weight is 396 g/mol. The van der Waals surface area contributed by atoms with Gasteiger partial charge in [-0.1, -0.05) is 13.8 Å². The van der Waals surface area contributed by atoms with E-state index in [-0.39, 0.29) is 5.91 Å². The van der Waals surface area contributed by atoms with E-state index in [2.05, 4.69) is 55.2 Å². The first-order valence-electron chi connectivity index (χ1n) is 10.5. The third kappa shape index (κ3) is 5.97. The van der Waals surface area contributed by atoms with E-state index >= 15 is 0 Å². The molecule has 0 aromatic heterocycles. The number of nitrogens with zero attached hydrogens (tertiary/aromatic N) is 2. The second kappa shape index (κ2) is 9.79. The number of likely N-dealkylation sites (N-methyl/N-ethyl adjacent to an activating group) is 1. The Morgan fingerprint density at radius 1 is 1.14 bits per heavy atom. The second-order valence-electron chi connectivity index (χ2n) is 8.41. The molecule has 3 rings (SSSR count). The maximum absolute atomic E-state index is 12.5. The quantitative estimate of drug-likeness (QED) is 0.715. The van der Waals surface area contributed by atoms with Crippen LogP contribution < -0.4 is 15.0 Å². The van der Waals surface area contributed by atoms with Gasteiger partial charge in [0.15, 0.2) is 0 Å². The highest BCUT2D eigenvalue weighted by molar-refractivity contribution is 6.04. The van der Waals surface area contributed by atoms with Crippen molar-refractivity contribution >= 4 is 17.3 Å². The lowest BCUT2D eigenvalue weighted by atomic mass is 10.1. The minimum atomic E-state index is -0.111. The Morgan fingerprint density at radius 2 is 1.83 bits per heavy atom. The zero-order valence-corrected chi connectivity index (χ0v) is 18.0. The standard InChI is InChI=1S/C24H33N3O2/c1-18(2)14-16-29-23-11-5-19(6-12-23)24(28)25-20-7-9-21(10-8-20)27-15-13-22(17-27)26(3)4/h5-12,18,22H,13-17H2,1-4H3,(H,25,28). The molecule has 0 saturated carbocycles. The van der Waals surface area contributed by atoms with Crippen LogP contribution in [0, 0.1) is 5.92 Å². The van der Waals surface area contributed by atoms with Crippen molar-refractivity contribution in [2.24, 2.45) is 5.92 Å². The lowest BCUT2D eigenvalue weighted by Crippen LogP contribution is -2.31. The fraction of sp³-hybridized carbons (Fsp3) is 0.458. The number of carbonyl (C=O) groups is 1. The van der Waals surface area contributed by atoms with Crippen LogP contribution >= 0.6 is 0 Å². The van der Waals surface area contributed by atoms with Crippen molar-refractivity contribution in [2.75, 3.05) is 44.0 Å². The van der Waals surface area contributed by atoms with Crippen LogP contribution in [0.3, 0.4) is 0 Å². The highest BCUT2D eigenvalue weighted by Gasteiger charge is 2.23. The van der Waals surface area contributed by atoms with Gasteiger partial charge in [0.2, 0.25) is 0 Å². The van der Waals surface area contributed by atoms with Crippen molar-refractivity contribution in [3.05, 3.63) is 54.1 Å². The summed E-state index contributed by atoms with van der Waals surface area (Å²) in [7, 11) is 4.27. The molecule has 1 atom stereocenters. The van der Waals surface area contributed by atoms with Crippen LogP contribution in [0.2, 0.25) is 0 Å². The molecule has 5 nitrogen and oxygen atoms in total. The molecule has 1 N–H and O–H groups in total. The Bertz CT molecular complexity index is 785. The van der Waals surface area contributed by atoms with Gasteiger partial charge in [-0.3, -0.25) is 4.79 Å². The number of ether oxygens (including phenoxy) is 1. The highest BCUT2D eigenvalue weighted by atomic mass is 16.5. The Kier molecular flexibility index (Phi) is 7.15. The van der Waals surface area contributed by atoms with Gasteiger partial charge in [0.1, 0.15) is 5.75 Å². The summed E-state index contributed by atoms with van der Waals surface area (Å²) in [5.41, 5.74) is 2.63. The molecule has 0 radical (unpaired) electrons. The van der Waals surface area contributed by atoms with Crippen molar-refractivity contribution < 1.29 is 9.53 Å². The zero-order valence-electron chi connectivity index (χ0n) is 18.0. The van der Waals surface area contributed by atoms with E-state index in [9.17, 15) is 4.79 Å². The predicted octanol–water partition coefficient (Wildman–Crippen LogP) is 4.50. The molecule has 1 amide bonds. The summed E-state index contributed by atoms with van der Waals surface area (Å²) < 4.78 is 5.71. The number of carbonyl (C=O) groups excluding carboxylic acids is 1. The molecule has 156 valence electrons. The van der Waals surface area contributed by atoms with Gasteiger partial charge in [0.25, 0.3) is 5.91 Å². The summed E-state index contributed by atoms with van der Waals surface area (Å²) in [6.07, 6.45) is 2.20. The molecule has 2 aromatic carbocycles.